The molecule has 0 aromatic heterocycles. The molecular weight excluding hydrogens is 340 g/mol. The Morgan fingerprint density at radius 2 is 1.93 bits per heavy atom. The lowest BCUT2D eigenvalue weighted by atomic mass is 9.88. The molecule has 0 saturated heterocycles. The third-order valence-electron chi connectivity index (χ3n) is 5.44. The molecule has 0 heterocycles. The van der Waals surface area contributed by atoms with E-state index in [-0.39, 0.29) is 36.6 Å². The third kappa shape index (κ3) is 6.42. The van der Waals surface area contributed by atoms with Crippen molar-refractivity contribution < 1.29 is 20.1 Å². The molecule has 0 aliphatic heterocycles. The summed E-state index contributed by atoms with van der Waals surface area (Å²) in [6, 6.07) is 9.82. The first-order valence-electron chi connectivity index (χ1n) is 9.92. The number of aliphatic hydroxyl groups excluding tert-OH is 3. The second-order valence-electron chi connectivity index (χ2n) is 7.42. The lowest BCUT2D eigenvalue weighted by Gasteiger charge is -2.19. The molecule has 3 N–H and O–H groups in total. The van der Waals surface area contributed by atoms with E-state index in [0.717, 1.165) is 24.8 Å². The first-order chi connectivity index (χ1) is 13.0. The molecule has 4 heteroatoms. The number of Topliss-reactive ketones (excluding diaryl/α,β-unsaturated/α-hetero) is 1. The highest BCUT2D eigenvalue weighted by molar-refractivity contribution is 5.84. The zero-order valence-electron chi connectivity index (χ0n) is 16.1. The zero-order valence-corrected chi connectivity index (χ0v) is 16.1. The van der Waals surface area contributed by atoms with Gasteiger partial charge in [0.1, 0.15) is 5.78 Å². The van der Waals surface area contributed by atoms with Crippen LogP contribution in [0.4, 0.5) is 0 Å². The molecule has 0 spiro atoms. The van der Waals surface area contributed by atoms with Gasteiger partial charge in [0.15, 0.2) is 0 Å². The second-order valence-corrected chi connectivity index (χ2v) is 7.42. The summed E-state index contributed by atoms with van der Waals surface area (Å²) in [6.45, 7) is 2.17. The van der Waals surface area contributed by atoms with Gasteiger partial charge in [-0.25, -0.2) is 0 Å². The number of benzene rings is 1. The smallest absolute Gasteiger partial charge is 0.139 e. The lowest BCUT2D eigenvalue weighted by Crippen LogP contribution is -2.20. The van der Waals surface area contributed by atoms with Gasteiger partial charge in [0.05, 0.1) is 12.2 Å². The minimum absolute atomic E-state index is 0.0541. The van der Waals surface area contributed by atoms with E-state index >= 15 is 0 Å². The predicted molar refractivity (Wildman–Crippen MR) is 107 cm³/mol. The maximum Gasteiger partial charge on any atom is 0.139 e. The molecule has 0 amide bonds. The highest BCUT2D eigenvalue weighted by Crippen LogP contribution is 2.34. The maximum absolute atomic E-state index is 12.2. The molecule has 2 rings (SSSR count). The van der Waals surface area contributed by atoms with Gasteiger partial charge in [-0.2, -0.15) is 0 Å². The molecule has 27 heavy (non-hydrogen) atoms. The largest absolute Gasteiger partial charge is 0.396 e. The van der Waals surface area contributed by atoms with Crippen molar-refractivity contribution in [2.24, 2.45) is 11.8 Å². The molecule has 4 nitrogen and oxygen atoms in total. The number of carbonyl (C=O) groups excluding carboxylic acids is 1. The van der Waals surface area contributed by atoms with E-state index in [0.29, 0.717) is 6.42 Å². The van der Waals surface area contributed by atoms with Gasteiger partial charge in [-0.15, -0.1) is 0 Å². The van der Waals surface area contributed by atoms with Crippen LogP contribution in [0.5, 0.6) is 0 Å². The number of allylic oxidation sites excluding steroid dienone is 2. The van der Waals surface area contributed by atoms with Crippen LogP contribution in [0, 0.1) is 11.8 Å². The number of hydrogen-bond donors (Lipinski definition) is 3. The Balaban J connectivity index is 1.95. The van der Waals surface area contributed by atoms with Crippen LogP contribution in [0.2, 0.25) is 0 Å². The fourth-order valence-corrected chi connectivity index (χ4v) is 3.62. The van der Waals surface area contributed by atoms with Gasteiger partial charge in [-0.05, 0) is 31.2 Å². The van der Waals surface area contributed by atoms with Crippen molar-refractivity contribution in [3.8, 4) is 0 Å². The topological polar surface area (TPSA) is 77.8 Å². The van der Waals surface area contributed by atoms with Crippen molar-refractivity contribution in [1.29, 1.82) is 0 Å². The second kappa shape index (κ2) is 11.2. The predicted octanol–water partition coefficient (Wildman–Crippen LogP) is 3.38. The third-order valence-corrected chi connectivity index (χ3v) is 5.44. The van der Waals surface area contributed by atoms with E-state index in [9.17, 15) is 15.0 Å². The van der Waals surface area contributed by atoms with Gasteiger partial charge in [0, 0.05) is 30.8 Å². The van der Waals surface area contributed by atoms with Crippen LogP contribution in [0.1, 0.15) is 50.5 Å². The minimum Gasteiger partial charge on any atom is -0.396 e. The molecule has 5 atom stereocenters. The van der Waals surface area contributed by atoms with Crippen molar-refractivity contribution in [3.05, 3.63) is 60.2 Å². The Morgan fingerprint density at radius 1 is 1.19 bits per heavy atom. The zero-order chi connectivity index (χ0) is 19.6. The summed E-state index contributed by atoms with van der Waals surface area (Å²) in [6.07, 6.45) is 9.64. The Morgan fingerprint density at radius 3 is 2.63 bits per heavy atom. The molecule has 3 unspecified atom stereocenters. The summed E-state index contributed by atoms with van der Waals surface area (Å²) >= 11 is 0. The van der Waals surface area contributed by atoms with Crippen molar-refractivity contribution >= 4 is 5.78 Å². The normalized spacial score (nSPS) is 25.5. The molecule has 1 aliphatic carbocycles. The van der Waals surface area contributed by atoms with E-state index in [1.54, 1.807) is 6.08 Å². The number of ketones is 1. The maximum atomic E-state index is 12.2. The number of aliphatic hydroxyl groups is 3. The molecule has 1 aromatic rings. The number of rotatable bonds is 10. The van der Waals surface area contributed by atoms with Crippen LogP contribution in [-0.2, 0) is 4.79 Å². The summed E-state index contributed by atoms with van der Waals surface area (Å²) in [7, 11) is 0. The van der Waals surface area contributed by atoms with E-state index in [1.165, 1.54) is 0 Å². The highest BCUT2D eigenvalue weighted by Gasteiger charge is 2.39. The molecule has 1 aromatic carbocycles. The van der Waals surface area contributed by atoms with Crippen LogP contribution in [-0.4, -0.2) is 39.9 Å². The van der Waals surface area contributed by atoms with E-state index in [1.807, 2.05) is 55.5 Å². The fraction of sp³-hybridized carbons (Fsp3) is 0.522. The first kappa shape index (κ1) is 21.5. The number of hydrogen-bond acceptors (Lipinski definition) is 4. The number of carbonyl (C=O) groups is 1. The van der Waals surface area contributed by atoms with E-state index in [2.05, 4.69) is 0 Å². The minimum atomic E-state index is -0.680. The van der Waals surface area contributed by atoms with Crippen LogP contribution >= 0.6 is 0 Å². The van der Waals surface area contributed by atoms with Gasteiger partial charge < -0.3 is 15.3 Å². The van der Waals surface area contributed by atoms with Gasteiger partial charge in [0.2, 0.25) is 0 Å². The van der Waals surface area contributed by atoms with Crippen molar-refractivity contribution in [2.45, 2.75) is 57.2 Å². The molecule has 1 aliphatic rings. The molecule has 1 saturated carbocycles. The molecule has 148 valence electrons. The van der Waals surface area contributed by atoms with E-state index in [4.69, 9.17) is 5.11 Å². The summed E-state index contributed by atoms with van der Waals surface area (Å²) < 4.78 is 0. The Bertz CT molecular complexity index is 623. The fourth-order valence-electron chi connectivity index (χ4n) is 3.62. The SMILES string of the molecule is CC(c1ccccc1)C(O)/C=C/[C@H]1C(O)CC(=O)[C@@H]1C/C=C\CCCCO. The summed E-state index contributed by atoms with van der Waals surface area (Å²) in [5.41, 5.74) is 1.06. The lowest BCUT2D eigenvalue weighted by molar-refractivity contribution is -0.121. The van der Waals surface area contributed by atoms with Crippen LogP contribution in [0.3, 0.4) is 0 Å². The summed E-state index contributed by atoms with van der Waals surface area (Å²) in [4.78, 5) is 12.2. The summed E-state index contributed by atoms with van der Waals surface area (Å²) in [5, 5.41) is 29.5. The van der Waals surface area contributed by atoms with Crippen molar-refractivity contribution in [3.63, 3.8) is 0 Å². The first-order valence-corrected chi connectivity index (χ1v) is 9.92. The van der Waals surface area contributed by atoms with Gasteiger partial charge in [-0.3, -0.25) is 4.79 Å². The molecule has 0 radical (unpaired) electrons. The van der Waals surface area contributed by atoms with E-state index < -0.39 is 12.2 Å². The highest BCUT2D eigenvalue weighted by atomic mass is 16.3. The average molecular weight is 373 g/mol. The summed E-state index contributed by atoms with van der Waals surface area (Å²) in [5.74, 6) is -0.453. The molecule has 0 bridgehead atoms. The standard InChI is InChI=1S/C23H32O4/c1-17(18-10-6-5-7-11-18)21(25)14-13-20-19(22(26)16-23(20)27)12-8-3-2-4-9-15-24/h3,5-8,10-11,13-14,17,19-21,23-25,27H,2,4,9,12,15-16H2,1H3/b8-3-,14-13+/t17?,19-,20-,21?,23?/m1/s1. The van der Waals surface area contributed by atoms with Crippen LogP contribution in [0.25, 0.3) is 0 Å². The quantitative estimate of drug-likeness (QED) is 0.435. The monoisotopic (exact) mass is 372 g/mol. The van der Waals surface area contributed by atoms with Gasteiger partial charge in [0.25, 0.3) is 0 Å². The van der Waals surface area contributed by atoms with Gasteiger partial charge in [-0.1, -0.05) is 61.6 Å². The van der Waals surface area contributed by atoms with Crippen LogP contribution < -0.4 is 0 Å². The van der Waals surface area contributed by atoms with Crippen molar-refractivity contribution in [1.82, 2.24) is 0 Å². The van der Waals surface area contributed by atoms with Crippen LogP contribution in [0.15, 0.2) is 54.6 Å². The Labute approximate surface area is 162 Å². The Kier molecular flexibility index (Phi) is 8.92. The van der Waals surface area contributed by atoms with Gasteiger partial charge >= 0.3 is 0 Å². The molecule has 1 fully saturated rings. The van der Waals surface area contributed by atoms with Crippen molar-refractivity contribution in [2.75, 3.05) is 6.61 Å². The molecular formula is C23H32O4. The average Bonchev–Trinajstić information content (AvgIpc) is 2.95. The Hall–Kier alpha value is -1.75. The number of unbranched alkanes of at least 4 members (excludes halogenated alkanes) is 2.